The van der Waals surface area contributed by atoms with Crippen molar-refractivity contribution in [3.05, 3.63) is 69.2 Å². The van der Waals surface area contributed by atoms with Crippen molar-refractivity contribution >= 4 is 34.8 Å². The highest BCUT2D eigenvalue weighted by molar-refractivity contribution is 6.36. The van der Waals surface area contributed by atoms with Crippen molar-refractivity contribution < 1.29 is 9.59 Å². The van der Waals surface area contributed by atoms with Crippen LogP contribution in [-0.2, 0) is 16.0 Å². The van der Waals surface area contributed by atoms with Crippen molar-refractivity contribution in [2.24, 2.45) is 5.92 Å². The number of carbonyl (C=O) groups is 2. The topological polar surface area (TPSA) is 34.1 Å². The van der Waals surface area contributed by atoms with Gasteiger partial charge in [0.1, 0.15) is 5.92 Å². The van der Waals surface area contributed by atoms with E-state index in [1.54, 1.807) is 12.1 Å². The molecular weight excluding hydrogens is 379 g/mol. The molecule has 27 heavy (non-hydrogen) atoms. The monoisotopic (exact) mass is 398 g/mol. The summed E-state index contributed by atoms with van der Waals surface area (Å²) in [6, 6.07) is 11.4. The molecule has 0 aromatic heterocycles. The number of hydrogen-bond donors (Lipinski definition) is 0. The average molecular weight is 399 g/mol. The maximum absolute atomic E-state index is 13.1. The molecule has 2 unspecified atom stereocenters. The summed E-state index contributed by atoms with van der Waals surface area (Å²) in [4.78, 5) is 26.3. The summed E-state index contributed by atoms with van der Waals surface area (Å²) < 4.78 is 0. The number of benzene rings is 2. The molecule has 4 heteroatoms. The minimum atomic E-state index is -0.688. The Kier molecular flexibility index (Phi) is 4.96. The fourth-order valence-electron chi connectivity index (χ4n) is 4.24. The third kappa shape index (κ3) is 3.26. The lowest BCUT2D eigenvalue weighted by Gasteiger charge is -2.20. The van der Waals surface area contributed by atoms with Crippen LogP contribution in [-0.4, -0.2) is 11.6 Å². The zero-order valence-electron chi connectivity index (χ0n) is 15.1. The molecule has 0 spiro atoms. The molecule has 1 saturated carbocycles. The summed E-state index contributed by atoms with van der Waals surface area (Å²) in [5.74, 6) is -0.684. The molecule has 0 aliphatic heterocycles. The maximum atomic E-state index is 13.1. The molecule has 2 atom stereocenters. The van der Waals surface area contributed by atoms with Gasteiger partial charge < -0.3 is 0 Å². The third-order valence-electron chi connectivity index (χ3n) is 5.76. The van der Waals surface area contributed by atoms with E-state index in [0.29, 0.717) is 16.5 Å². The molecule has 0 N–H and O–H groups in total. The van der Waals surface area contributed by atoms with Crippen molar-refractivity contribution in [3.8, 4) is 11.1 Å². The first-order chi connectivity index (χ1) is 13.0. The standard InChI is InChI=1S/C23H20Cl2O2/c1-2-13-3-8-16(18-10-9-17(24)12-20(18)25)11-19(13)21-22(26)14-4-5-15(7-6-14)23(21)27/h3-4,8-12,15,21H,2,5-7H2,1H3. The highest BCUT2D eigenvalue weighted by Crippen LogP contribution is 2.41. The number of ketones is 2. The Labute approximate surface area is 169 Å². The van der Waals surface area contributed by atoms with Crippen LogP contribution in [0.4, 0.5) is 0 Å². The van der Waals surface area contributed by atoms with Gasteiger partial charge in [-0.2, -0.15) is 0 Å². The van der Waals surface area contributed by atoms with Gasteiger partial charge in [-0.1, -0.05) is 54.4 Å². The van der Waals surface area contributed by atoms with Gasteiger partial charge in [-0.25, -0.2) is 0 Å². The smallest absolute Gasteiger partial charge is 0.173 e. The van der Waals surface area contributed by atoms with Crippen LogP contribution in [0.5, 0.6) is 0 Å². The molecule has 0 amide bonds. The van der Waals surface area contributed by atoms with Crippen LogP contribution in [0, 0.1) is 5.92 Å². The number of Topliss-reactive ketones (excluding diaryl/α,β-unsaturated/α-hetero) is 2. The van der Waals surface area contributed by atoms with E-state index in [1.165, 1.54) is 0 Å². The van der Waals surface area contributed by atoms with Crippen molar-refractivity contribution in [1.29, 1.82) is 0 Å². The van der Waals surface area contributed by atoms with Gasteiger partial charge in [-0.15, -0.1) is 0 Å². The van der Waals surface area contributed by atoms with E-state index in [-0.39, 0.29) is 17.5 Å². The predicted octanol–water partition coefficient (Wildman–Crippen LogP) is 6.18. The van der Waals surface area contributed by atoms with Crippen LogP contribution in [0.2, 0.25) is 10.0 Å². The SMILES string of the molecule is CCc1ccc(-c2ccc(Cl)cc2Cl)cc1C1C(=O)C2=CCC(CC2)C1=O. The van der Waals surface area contributed by atoms with Crippen molar-refractivity contribution in [2.75, 3.05) is 0 Å². The second kappa shape index (κ2) is 7.26. The highest BCUT2D eigenvalue weighted by Gasteiger charge is 2.41. The number of hydrogen-bond acceptors (Lipinski definition) is 2. The van der Waals surface area contributed by atoms with Crippen molar-refractivity contribution in [3.63, 3.8) is 0 Å². The lowest BCUT2D eigenvalue weighted by molar-refractivity contribution is -0.128. The molecule has 2 bridgehead atoms. The molecule has 5 rings (SSSR count). The number of allylic oxidation sites excluding steroid dienone is 2. The normalized spacial score (nSPS) is 22.0. The first-order valence-corrected chi connectivity index (χ1v) is 10.1. The summed E-state index contributed by atoms with van der Waals surface area (Å²) in [6.45, 7) is 2.05. The number of fused-ring (bicyclic) bond motifs is 4. The summed E-state index contributed by atoms with van der Waals surface area (Å²) in [6.07, 6.45) is 4.94. The van der Waals surface area contributed by atoms with Crippen molar-refractivity contribution in [2.45, 2.75) is 38.5 Å². The minimum absolute atomic E-state index is 0.0194. The lowest BCUT2D eigenvalue weighted by Crippen LogP contribution is -2.25. The first kappa shape index (κ1) is 18.5. The molecule has 0 heterocycles. The highest BCUT2D eigenvalue weighted by atomic mass is 35.5. The molecule has 138 valence electrons. The zero-order chi connectivity index (χ0) is 19.1. The van der Waals surface area contributed by atoms with E-state index in [1.807, 2.05) is 37.3 Å². The van der Waals surface area contributed by atoms with Gasteiger partial charge in [0, 0.05) is 21.5 Å². The predicted molar refractivity (Wildman–Crippen MR) is 109 cm³/mol. The largest absolute Gasteiger partial charge is 0.298 e. The van der Waals surface area contributed by atoms with E-state index in [4.69, 9.17) is 23.2 Å². The van der Waals surface area contributed by atoms with Gasteiger partial charge >= 0.3 is 0 Å². The van der Waals surface area contributed by atoms with Gasteiger partial charge in [-0.3, -0.25) is 9.59 Å². The van der Waals surface area contributed by atoms with Crippen LogP contribution in [0.3, 0.4) is 0 Å². The number of carbonyl (C=O) groups excluding carboxylic acids is 2. The molecule has 2 aromatic rings. The Morgan fingerprint density at radius 3 is 2.56 bits per heavy atom. The second-order valence-corrected chi connectivity index (χ2v) is 8.14. The van der Waals surface area contributed by atoms with Crippen LogP contribution in [0.25, 0.3) is 11.1 Å². The van der Waals surface area contributed by atoms with E-state index < -0.39 is 5.92 Å². The summed E-state index contributed by atoms with van der Waals surface area (Å²) in [5, 5.41) is 1.13. The Morgan fingerprint density at radius 1 is 1.07 bits per heavy atom. The third-order valence-corrected chi connectivity index (χ3v) is 6.30. The van der Waals surface area contributed by atoms with Crippen LogP contribution in [0.1, 0.15) is 43.2 Å². The van der Waals surface area contributed by atoms with E-state index in [2.05, 4.69) is 0 Å². The van der Waals surface area contributed by atoms with E-state index in [9.17, 15) is 9.59 Å². The summed E-state index contributed by atoms with van der Waals surface area (Å²) in [7, 11) is 0. The molecule has 1 fully saturated rings. The Bertz CT molecular complexity index is 974. The fraction of sp³-hybridized carbons (Fsp3) is 0.304. The van der Waals surface area contributed by atoms with E-state index >= 15 is 0 Å². The summed E-state index contributed by atoms with van der Waals surface area (Å²) >= 11 is 12.4. The van der Waals surface area contributed by atoms with Crippen LogP contribution in [0.15, 0.2) is 48.0 Å². The Balaban J connectivity index is 1.85. The van der Waals surface area contributed by atoms with Crippen LogP contribution < -0.4 is 0 Å². The summed E-state index contributed by atoms with van der Waals surface area (Å²) in [5.41, 5.74) is 4.43. The minimum Gasteiger partial charge on any atom is -0.298 e. The molecular formula is C23H20Cl2O2. The Hall–Kier alpha value is -1.90. The number of rotatable bonds is 3. The molecule has 2 nitrogen and oxygen atoms in total. The number of halogens is 2. The van der Waals surface area contributed by atoms with Gasteiger partial charge in [0.05, 0.1) is 0 Å². The van der Waals surface area contributed by atoms with Crippen molar-refractivity contribution in [1.82, 2.24) is 0 Å². The van der Waals surface area contributed by atoms with Gasteiger partial charge in [0.2, 0.25) is 0 Å². The fourth-order valence-corrected chi connectivity index (χ4v) is 4.76. The van der Waals surface area contributed by atoms with Gasteiger partial charge in [0.25, 0.3) is 0 Å². The average Bonchev–Trinajstić information content (AvgIpc) is 2.86. The Morgan fingerprint density at radius 2 is 1.89 bits per heavy atom. The quantitative estimate of drug-likeness (QED) is 0.577. The zero-order valence-corrected chi connectivity index (χ0v) is 16.6. The van der Waals surface area contributed by atoms with Crippen LogP contribution >= 0.6 is 23.2 Å². The number of aryl methyl sites for hydroxylation is 1. The first-order valence-electron chi connectivity index (χ1n) is 9.34. The molecule has 2 aromatic carbocycles. The maximum Gasteiger partial charge on any atom is 0.173 e. The molecule has 3 aliphatic rings. The molecule has 0 saturated heterocycles. The van der Waals surface area contributed by atoms with Gasteiger partial charge in [0.15, 0.2) is 11.6 Å². The lowest BCUT2D eigenvalue weighted by atomic mass is 9.82. The second-order valence-electron chi connectivity index (χ2n) is 7.29. The molecule has 0 radical (unpaired) electrons. The molecule has 3 aliphatic carbocycles. The van der Waals surface area contributed by atoms with E-state index in [0.717, 1.165) is 47.1 Å². The van der Waals surface area contributed by atoms with Gasteiger partial charge in [-0.05, 0) is 66.1 Å².